The van der Waals surface area contributed by atoms with Crippen LogP contribution in [0.25, 0.3) is 0 Å². The fraction of sp³-hybridized carbons (Fsp3) is 0.200. The Morgan fingerprint density at radius 3 is 2.58 bits per heavy atom. The standard InChI is InChI=1S/C10H12NS/c1-2-8-11-10(12)9-6-4-3-5-7-9/h3-7H,1-2,8H2,(H,11,12). The molecule has 12 heavy (non-hydrogen) atoms. The van der Waals surface area contributed by atoms with Gasteiger partial charge in [0.2, 0.25) is 0 Å². The van der Waals surface area contributed by atoms with Gasteiger partial charge in [-0.3, -0.25) is 0 Å². The Bertz CT molecular complexity index is 243. The number of hydrogen-bond donors (Lipinski definition) is 1. The van der Waals surface area contributed by atoms with E-state index >= 15 is 0 Å². The maximum absolute atomic E-state index is 5.15. The highest BCUT2D eigenvalue weighted by atomic mass is 32.1. The Morgan fingerprint density at radius 2 is 2.00 bits per heavy atom. The van der Waals surface area contributed by atoms with E-state index in [2.05, 4.69) is 12.2 Å². The number of thiocarbonyl (C=S) groups is 1. The van der Waals surface area contributed by atoms with Crippen molar-refractivity contribution in [2.45, 2.75) is 6.42 Å². The lowest BCUT2D eigenvalue weighted by Crippen LogP contribution is -2.22. The summed E-state index contributed by atoms with van der Waals surface area (Å²) >= 11 is 5.15. The monoisotopic (exact) mass is 178 g/mol. The SMILES string of the molecule is [CH2]CCNC(=S)c1ccccc1. The summed E-state index contributed by atoms with van der Waals surface area (Å²) in [6.07, 6.45) is 0.854. The molecule has 0 heterocycles. The molecule has 0 saturated heterocycles. The molecule has 0 aliphatic carbocycles. The van der Waals surface area contributed by atoms with Gasteiger partial charge in [-0.1, -0.05) is 49.5 Å². The highest BCUT2D eigenvalue weighted by molar-refractivity contribution is 7.80. The van der Waals surface area contributed by atoms with E-state index in [1.807, 2.05) is 30.3 Å². The number of nitrogens with one attached hydrogen (secondary N) is 1. The molecule has 1 radical (unpaired) electrons. The van der Waals surface area contributed by atoms with Crippen molar-refractivity contribution >= 4 is 17.2 Å². The highest BCUT2D eigenvalue weighted by Gasteiger charge is 1.96. The fourth-order valence-corrected chi connectivity index (χ4v) is 1.13. The van der Waals surface area contributed by atoms with Crippen molar-refractivity contribution in [3.8, 4) is 0 Å². The molecule has 0 amide bonds. The molecule has 1 aromatic carbocycles. The molecule has 1 nitrogen and oxygen atoms in total. The van der Waals surface area contributed by atoms with E-state index in [4.69, 9.17) is 12.2 Å². The summed E-state index contributed by atoms with van der Waals surface area (Å²) in [5.74, 6) is 0. The molecule has 2 heteroatoms. The Kier molecular flexibility index (Phi) is 3.74. The minimum absolute atomic E-state index is 0.805. The van der Waals surface area contributed by atoms with Gasteiger partial charge in [0.1, 0.15) is 4.99 Å². The maximum atomic E-state index is 5.15. The van der Waals surface area contributed by atoms with Crippen LogP contribution in [0.15, 0.2) is 30.3 Å². The second kappa shape index (κ2) is 4.88. The molecule has 0 atom stereocenters. The lowest BCUT2D eigenvalue weighted by atomic mass is 10.2. The van der Waals surface area contributed by atoms with Gasteiger partial charge in [0, 0.05) is 12.1 Å². The molecule has 63 valence electrons. The van der Waals surface area contributed by atoms with Gasteiger partial charge in [-0.25, -0.2) is 0 Å². The summed E-state index contributed by atoms with van der Waals surface area (Å²) in [7, 11) is 0. The summed E-state index contributed by atoms with van der Waals surface area (Å²) in [6.45, 7) is 4.57. The van der Waals surface area contributed by atoms with Crippen LogP contribution in [0.3, 0.4) is 0 Å². The normalized spacial score (nSPS) is 9.42. The third kappa shape index (κ3) is 2.62. The Balaban J connectivity index is 2.54. The number of rotatable bonds is 3. The van der Waals surface area contributed by atoms with Crippen molar-refractivity contribution in [1.82, 2.24) is 5.32 Å². The van der Waals surface area contributed by atoms with E-state index in [1.54, 1.807) is 0 Å². The van der Waals surface area contributed by atoms with Gasteiger partial charge in [-0.15, -0.1) is 0 Å². The Labute approximate surface area is 78.8 Å². The zero-order valence-electron chi connectivity index (χ0n) is 6.92. The third-order valence-corrected chi connectivity index (χ3v) is 1.88. The smallest absolute Gasteiger partial charge is 0.106 e. The molecule has 0 aliphatic heterocycles. The molecule has 1 aromatic rings. The predicted molar refractivity (Wildman–Crippen MR) is 56.1 cm³/mol. The number of benzene rings is 1. The Hall–Kier alpha value is -0.890. The zero-order valence-corrected chi connectivity index (χ0v) is 7.73. The van der Waals surface area contributed by atoms with Gasteiger partial charge in [0.25, 0.3) is 0 Å². The van der Waals surface area contributed by atoms with Gasteiger partial charge in [-0.05, 0) is 6.42 Å². The van der Waals surface area contributed by atoms with Gasteiger partial charge in [0.15, 0.2) is 0 Å². The van der Waals surface area contributed by atoms with Crippen molar-refractivity contribution in [3.63, 3.8) is 0 Å². The first kappa shape index (κ1) is 9.20. The molecule has 0 aromatic heterocycles. The van der Waals surface area contributed by atoms with Crippen LogP contribution in [0, 0.1) is 6.92 Å². The molecule has 0 unspecified atom stereocenters. The average Bonchev–Trinajstić information content (AvgIpc) is 2.15. The molecule has 0 spiro atoms. The van der Waals surface area contributed by atoms with Crippen molar-refractivity contribution in [3.05, 3.63) is 42.8 Å². The van der Waals surface area contributed by atoms with Gasteiger partial charge in [0.05, 0.1) is 0 Å². The largest absolute Gasteiger partial charge is 0.376 e. The van der Waals surface area contributed by atoms with Crippen LogP contribution in [0.4, 0.5) is 0 Å². The fourth-order valence-electron chi connectivity index (χ4n) is 0.894. The van der Waals surface area contributed by atoms with Crippen LogP contribution in [-0.4, -0.2) is 11.5 Å². The second-order valence-electron chi connectivity index (χ2n) is 2.48. The molecular formula is C10H12NS. The van der Waals surface area contributed by atoms with Crippen LogP contribution in [0.1, 0.15) is 12.0 Å². The third-order valence-electron chi connectivity index (χ3n) is 1.50. The summed E-state index contributed by atoms with van der Waals surface area (Å²) < 4.78 is 0. The molecular weight excluding hydrogens is 166 g/mol. The number of hydrogen-bond acceptors (Lipinski definition) is 1. The van der Waals surface area contributed by atoms with Crippen LogP contribution in [0.5, 0.6) is 0 Å². The van der Waals surface area contributed by atoms with Crippen LogP contribution in [0.2, 0.25) is 0 Å². The quantitative estimate of drug-likeness (QED) is 0.712. The average molecular weight is 178 g/mol. The van der Waals surface area contributed by atoms with E-state index in [0.717, 1.165) is 23.5 Å². The molecule has 0 fully saturated rings. The summed E-state index contributed by atoms with van der Waals surface area (Å²) in [4.78, 5) is 0.805. The van der Waals surface area contributed by atoms with E-state index in [9.17, 15) is 0 Å². The first-order chi connectivity index (χ1) is 5.84. The lowest BCUT2D eigenvalue weighted by molar-refractivity contribution is 0.898. The maximum Gasteiger partial charge on any atom is 0.106 e. The Morgan fingerprint density at radius 1 is 1.33 bits per heavy atom. The second-order valence-corrected chi connectivity index (χ2v) is 2.88. The minimum Gasteiger partial charge on any atom is -0.376 e. The van der Waals surface area contributed by atoms with Crippen molar-refractivity contribution in [2.75, 3.05) is 6.54 Å². The van der Waals surface area contributed by atoms with Gasteiger partial charge < -0.3 is 5.32 Å². The van der Waals surface area contributed by atoms with Crippen LogP contribution < -0.4 is 5.32 Å². The first-order valence-corrected chi connectivity index (χ1v) is 4.38. The topological polar surface area (TPSA) is 12.0 Å². The van der Waals surface area contributed by atoms with Gasteiger partial charge >= 0.3 is 0 Å². The van der Waals surface area contributed by atoms with E-state index in [1.165, 1.54) is 0 Å². The zero-order chi connectivity index (χ0) is 8.81. The molecule has 1 N–H and O–H groups in total. The van der Waals surface area contributed by atoms with E-state index < -0.39 is 0 Å². The summed E-state index contributed by atoms with van der Waals surface area (Å²) in [5, 5.41) is 3.12. The first-order valence-electron chi connectivity index (χ1n) is 3.97. The van der Waals surface area contributed by atoms with Gasteiger partial charge in [-0.2, -0.15) is 0 Å². The molecule has 0 saturated carbocycles. The summed E-state index contributed by atoms with van der Waals surface area (Å²) in [6, 6.07) is 9.94. The van der Waals surface area contributed by atoms with Crippen molar-refractivity contribution < 1.29 is 0 Å². The van der Waals surface area contributed by atoms with Crippen LogP contribution in [-0.2, 0) is 0 Å². The lowest BCUT2D eigenvalue weighted by Gasteiger charge is -2.05. The van der Waals surface area contributed by atoms with Crippen molar-refractivity contribution in [1.29, 1.82) is 0 Å². The minimum atomic E-state index is 0.805. The summed E-state index contributed by atoms with van der Waals surface area (Å²) in [5.41, 5.74) is 1.07. The van der Waals surface area contributed by atoms with Crippen LogP contribution >= 0.6 is 12.2 Å². The predicted octanol–water partition coefficient (Wildman–Crippen LogP) is 2.18. The van der Waals surface area contributed by atoms with E-state index in [-0.39, 0.29) is 0 Å². The molecule has 1 rings (SSSR count). The van der Waals surface area contributed by atoms with E-state index in [0.29, 0.717) is 0 Å². The molecule has 0 aliphatic rings. The molecule has 0 bridgehead atoms. The highest BCUT2D eigenvalue weighted by Crippen LogP contribution is 1.98. The van der Waals surface area contributed by atoms with Crippen molar-refractivity contribution in [2.24, 2.45) is 0 Å².